The highest BCUT2D eigenvalue weighted by Crippen LogP contribution is 2.22. The predicted octanol–water partition coefficient (Wildman–Crippen LogP) is 3.82. The number of carbonyl (C=O) groups excluding carboxylic acids is 1. The van der Waals surface area contributed by atoms with Crippen LogP contribution in [0.1, 0.15) is 27.2 Å². The number of nitrogens with one attached hydrogen (secondary N) is 2. The van der Waals surface area contributed by atoms with Crippen molar-refractivity contribution in [1.29, 1.82) is 0 Å². The number of benzene rings is 2. The molecular weight excluding hydrogens is 352 g/mol. The number of rotatable bonds is 7. The number of amides is 1. The molecule has 0 aliphatic rings. The van der Waals surface area contributed by atoms with Gasteiger partial charge in [0.1, 0.15) is 11.4 Å². The third kappa shape index (κ3) is 4.85. The highest BCUT2D eigenvalue weighted by molar-refractivity contribution is 5.92. The van der Waals surface area contributed by atoms with Gasteiger partial charge in [-0.3, -0.25) is 4.79 Å². The van der Waals surface area contributed by atoms with Gasteiger partial charge in [-0.2, -0.15) is 0 Å². The minimum Gasteiger partial charge on any atom is -0.497 e. The maximum absolute atomic E-state index is 12.4. The van der Waals surface area contributed by atoms with Crippen LogP contribution in [0, 0.1) is 13.8 Å². The van der Waals surface area contributed by atoms with Gasteiger partial charge in [0.2, 0.25) is 5.95 Å². The molecule has 0 saturated carbocycles. The Kier molecular flexibility index (Phi) is 6.22. The van der Waals surface area contributed by atoms with E-state index in [1.165, 1.54) is 0 Å². The molecule has 2 aromatic carbocycles. The first-order chi connectivity index (χ1) is 13.6. The largest absolute Gasteiger partial charge is 0.497 e. The third-order valence-corrected chi connectivity index (χ3v) is 4.46. The molecule has 6 heteroatoms. The molecule has 1 heterocycles. The van der Waals surface area contributed by atoms with Crippen molar-refractivity contribution < 1.29 is 9.53 Å². The molecule has 0 fully saturated rings. The maximum Gasteiger partial charge on any atom is 0.270 e. The lowest BCUT2D eigenvalue weighted by atomic mass is 10.1. The van der Waals surface area contributed by atoms with Crippen LogP contribution >= 0.6 is 0 Å². The molecule has 0 radical (unpaired) electrons. The summed E-state index contributed by atoms with van der Waals surface area (Å²) in [6.07, 6.45) is 2.32. The zero-order chi connectivity index (χ0) is 19.9. The van der Waals surface area contributed by atoms with Gasteiger partial charge in [-0.05, 0) is 55.2 Å². The zero-order valence-corrected chi connectivity index (χ0v) is 16.3. The Balaban J connectivity index is 1.60. The molecule has 0 aliphatic heterocycles. The molecule has 3 aromatic rings. The summed E-state index contributed by atoms with van der Waals surface area (Å²) >= 11 is 0. The quantitative estimate of drug-likeness (QED) is 0.656. The Morgan fingerprint density at radius 1 is 1.04 bits per heavy atom. The lowest BCUT2D eigenvalue weighted by Crippen LogP contribution is -2.26. The number of methoxy groups -OCH3 is 1. The monoisotopic (exact) mass is 376 g/mol. The van der Waals surface area contributed by atoms with Crippen molar-refractivity contribution in [2.45, 2.75) is 20.3 Å². The molecule has 0 aliphatic carbocycles. The van der Waals surface area contributed by atoms with Crippen molar-refractivity contribution in [3.05, 3.63) is 77.1 Å². The molecule has 0 atom stereocenters. The number of nitrogens with zero attached hydrogens (tertiary/aromatic N) is 2. The van der Waals surface area contributed by atoms with Gasteiger partial charge >= 0.3 is 0 Å². The molecule has 6 nitrogen and oxygen atoms in total. The first-order valence-electron chi connectivity index (χ1n) is 9.14. The zero-order valence-electron chi connectivity index (χ0n) is 16.3. The maximum atomic E-state index is 12.4. The van der Waals surface area contributed by atoms with Crippen LogP contribution in [0.4, 0.5) is 11.6 Å². The number of hydrogen-bond donors (Lipinski definition) is 2. The molecule has 1 amide bonds. The van der Waals surface area contributed by atoms with Crippen LogP contribution in [-0.4, -0.2) is 29.5 Å². The molecular formula is C22H24N4O2. The topological polar surface area (TPSA) is 76.1 Å². The van der Waals surface area contributed by atoms with Gasteiger partial charge in [0.05, 0.1) is 7.11 Å². The van der Waals surface area contributed by atoms with Crippen molar-refractivity contribution in [2.24, 2.45) is 0 Å². The normalized spacial score (nSPS) is 10.4. The molecule has 0 spiro atoms. The van der Waals surface area contributed by atoms with E-state index in [9.17, 15) is 4.79 Å². The van der Waals surface area contributed by atoms with E-state index < -0.39 is 0 Å². The fourth-order valence-corrected chi connectivity index (χ4v) is 2.87. The summed E-state index contributed by atoms with van der Waals surface area (Å²) < 4.78 is 5.15. The summed E-state index contributed by atoms with van der Waals surface area (Å²) in [6.45, 7) is 4.56. The molecule has 28 heavy (non-hydrogen) atoms. The van der Waals surface area contributed by atoms with Crippen LogP contribution in [-0.2, 0) is 6.42 Å². The summed E-state index contributed by atoms with van der Waals surface area (Å²) in [5, 5.41) is 6.12. The van der Waals surface area contributed by atoms with Crippen LogP contribution in [0.3, 0.4) is 0 Å². The molecule has 3 rings (SSSR count). The summed E-state index contributed by atoms with van der Waals surface area (Å²) in [6, 6.07) is 15.4. The van der Waals surface area contributed by atoms with Gasteiger partial charge in [0.25, 0.3) is 5.91 Å². The average molecular weight is 376 g/mol. The predicted molar refractivity (Wildman–Crippen MR) is 110 cm³/mol. The van der Waals surface area contributed by atoms with E-state index in [0.29, 0.717) is 18.2 Å². The molecule has 144 valence electrons. The molecule has 1 aromatic heterocycles. The molecule has 0 bridgehead atoms. The third-order valence-electron chi connectivity index (χ3n) is 4.46. The summed E-state index contributed by atoms with van der Waals surface area (Å²) in [5.41, 5.74) is 4.61. The number of aryl methyl sites for hydroxylation is 2. The number of ether oxygens (including phenoxy) is 1. The van der Waals surface area contributed by atoms with Crippen molar-refractivity contribution in [1.82, 2.24) is 15.3 Å². The van der Waals surface area contributed by atoms with E-state index in [-0.39, 0.29) is 5.91 Å². The van der Waals surface area contributed by atoms with E-state index in [4.69, 9.17) is 4.74 Å². The first-order valence-corrected chi connectivity index (χ1v) is 9.14. The van der Waals surface area contributed by atoms with E-state index in [1.807, 2.05) is 56.3 Å². The van der Waals surface area contributed by atoms with Gasteiger partial charge < -0.3 is 15.4 Å². The standard InChI is InChI=1S/C22H24N4O2/c1-15-5-4-6-16(2)20(15)26-22-24-14-12-19(25-22)21(27)23-13-11-17-7-9-18(28-3)10-8-17/h4-10,12,14H,11,13H2,1-3H3,(H,23,27)(H,24,25,26). The van der Waals surface area contributed by atoms with Crippen molar-refractivity contribution >= 4 is 17.5 Å². The number of hydrogen-bond acceptors (Lipinski definition) is 5. The number of para-hydroxylation sites is 1. The number of aromatic nitrogens is 2. The van der Waals surface area contributed by atoms with Gasteiger partial charge in [-0.15, -0.1) is 0 Å². The second-order valence-electron chi connectivity index (χ2n) is 6.51. The average Bonchev–Trinajstić information content (AvgIpc) is 2.71. The minimum atomic E-state index is -0.222. The summed E-state index contributed by atoms with van der Waals surface area (Å²) in [5.74, 6) is 0.998. The van der Waals surface area contributed by atoms with E-state index in [1.54, 1.807) is 19.4 Å². The van der Waals surface area contributed by atoms with Crippen LogP contribution < -0.4 is 15.4 Å². The Labute approximate surface area is 165 Å². The van der Waals surface area contributed by atoms with Crippen LogP contribution in [0.5, 0.6) is 5.75 Å². The van der Waals surface area contributed by atoms with E-state index in [2.05, 4.69) is 20.6 Å². The summed E-state index contributed by atoms with van der Waals surface area (Å²) in [4.78, 5) is 21.0. The number of anilines is 2. The SMILES string of the molecule is COc1ccc(CCNC(=O)c2ccnc(Nc3c(C)cccc3C)n2)cc1. The van der Waals surface area contributed by atoms with Gasteiger partial charge in [0.15, 0.2) is 0 Å². The lowest BCUT2D eigenvalue weighted by molar-refractivity contribution is 0.0949. The van der Waals surface area contributed by atoms with Crippen LogP contribution in [0.2, 0.25) is 0 Å². The first kappa shape index (κ1) is 19.4. The smallest absolute Gasteiger partial charge is 0.270 e. The van der Waals surface area contributed by atoms with E-state index >= 15 is 0 Å². The minimum absolute atomic E-state index is 0.222. The van der Waals surface area contributed by atoms with E-state index in [0.717, 1.165) is 34.5 Å². The van der Waals surface area contributed by atoms with Gasteiger partial charge in [0, 0.05) is 18.4 Å². The Morgan fingerprint density at radius 3 is 2.43 bits per heavy atom. The van der Waals surface area contributed by atoms with Crippen LogP contribution in [0.25, 0.3) is 0 Å². The Hall–Kier alpha value is -3.41. The highest BCUT2D eigenvalue weighted by Gasteiger charge is 2.10. The van der Waals surface area contributed by atoms with Crippen molar-refractivity contribution in [3.8, 4) is 5.75 Å². The van der Waals surface area contributed by atoms with Gasteiger partial charge in [-0.1, -0.05) is 30.3 Å². The lowest BCUT2D eigenvalue weighted by Gasteiger charge is -2.12. The fourth-order valence-electron chi connectivity index (χ4n) is 2.87. The second-order valence-corrected chi connectivity index (χ2v) is 6.51. The molecule has 0 saturated heterocycles. The van der Waals surface area contributed by atoms with Gasteiger partial charge in [-0.25, -0.2) is 9.97 Å². The second kappa shape index (κ2) is 8.99. The number of carbonyl (C=O) groups is 1. The fraction of sp³-hybridized carbons (Fsp3) is 0.227. The summed E-state index contributed by atoms with van der Waals surface area (Å²) in [7, 11) is 1.64. The Bertz CT molecular complexity index is 935. The van der Waals surface area contributed by atoms with Crippen molar-refractivity contribution in [3.63, 3.8) is 0 Å². The van der Waals surface area contributed by atoms with Crippen molar-refractivity contribution in [2.75, 3.05) is 19.0 Å². The Morgan fingerprint density at radius 2 is 1.75 bits per heavy atom. The highest BCUT2D eigenvalue weighted by atomic mass is 16.5. The molecule has 2 N–H and O–H groups in total. The van der Waals surface area contributed by atoms with Crippen LogP contribution in [0.15, 0.2) is 54.7 Å². The molecule has 0 unspecified atom stereocenters.